The van der Waals surface area contributed by atoms with Gasteiger partial charge >= 0.3 is 0 Å². The maximum absolute atomic E-state index is 13.2. The summed E-state index contributed by atoms with van der Waals surface area (Å²) in [6.45, 7) is 1.44. The number of benzene rings is 2. The van der Waals surface area contributed by atoms with E-state index in [1.165, 1.54) is 25.1 Å². The summed E-state index contributed by atoms with van der Waals surface area (Å²) in [6, 6.07) is 8.94. The zero-order valence-corrected chi connectivity index (χ0v) is 12.3. The number of Topliss-reactive ketones (excluding diaryl/α,β-unsaturated/α-hetero) is 1. The van der Waals surface area contributed by atoms with E-state index < -0.39 is 5.82 Å². The molecule has 0 fully saturated rings. The Morgan fingerprint density at radius 2 is 1.95 bits per heavy atom. The molecule has 0 aromatic heterocycles. The van der Waals surface area contributed by atoms with Crippen molar-refractivity contribution in [3.05, 3.63) is 57.3 Å². The van der Waals surface area contributed by atoms with Crippen molar-refractivity contribution in [3.8, 4) is 11.5 Å². The van der Waals surface area contributed by atoms with Crippen LogP contribution in [0.25, 0.3) is 0 Å². The van der Waals surface area contributed by atoms with Crippen molar-refractivity contribution in [2.75, 3.05) is 0 Å². The van der Waals surface area contributed by atoms with Crippen molar-refractivity contribution in [2.24, 2.45) is 0 Å². The van der Waals surface area contributed by atoms with Gasteiger partial charge in [0.2, 0.25) is 0 Å². The normalized spacial score (nSPS) is 10.3. The Labute approximate surface area is 123 Å². The molecule has 0 aliphatic heterocycles. The zero-order valence-electron chi connectivity index (χ0n) is 9.91. The number of halogens is 3. The molecule has 0 N–H and O–H groups in total. The average molecular weight is 344 g/mol. The molecular weight excluding hydrogens is 335 g/mol. The minimum Gasteiger partial charge on any atom is -0.457 e. The largest absolute Gasteiger partial charge is 0.457 e. The second-order valence-corrected chi connectivity index (χ2v) is 5.23. The highest BCUT2D eigenvalue weighted by Crippen LogP contribution is 2.29. The smallest absolute Gasteiger partial charge is 0.161 e. The van der Waals surface area contributed by atoms with Crippen LogP contribution in [-0.4, -0.2) is 5.78 Å². The van der Waals surface area contributed by atoms with E-state index in [4.69, 9.17) is 16.3 Å². The van der Waals surface area contributed by atoms with Crippen molar-refractivity contribution in [1.82, 2.24) is 0 Å². The Hall–Kier alpha value is -1.39. The van der Waals surface area contributed by atoms with Crippen molar-refractivity contribution in [1.29, 1.82) is 0 Å². The van der Waals surface area contributed by atoms with Crippen molar-refractivity contribution in [3.63, 3.8) is 0 Å². The van der Waals surface area contributed by atoms with Crippen molar-refractivity contribution >= 4 is 33.3 Å². The van der Waals surface area contributed by atoms with E-state index in [1.807, 2.05) is 0 Å². The topological polar surface area (TPSA) is 26.3 Å². The standard InChI is InChI=1S/C14H9BrClFO2/c1-8(18)13-3-2-11(7-14(13)16)19-12-5-9(15)4-10(17)6-12/h2-7H,1H3. The SMILES string of the molecule is CC(=O)c1ccc(Oc2cc(F)cc(Br)c2)cc1Cl. The quantitative estimate of drug-likeness (QED) is 0.713. The van der Waals surface area contributed by atoms with Gasteiger partial charge in [0.05, 0.1) is 5.02 Å². The van der Waals surface area contributed by atoms with Crippen LogP contribution in [0, 0.1) is 5.82 Å². The molecule has 19 heavy (non-hydrogen) atoms. The molecule has 0 aliphatic rings. The fourth-order valence-corrected chi connectivity index (χ4v) is 2.32. The third-order valence-corrected chi connectivity index (χ3v) is 3.16. The van der Waals surface area contributed by atoms with Crippen LogP contribution in [0.5, 0.6) is 11.5 Å². The summed E-state index contributed by atoms with van der Waals surface area (Å²) in [5.74, 6) is 0.256. The van der Waals surface area contributed by atoms with Gasteiger partial charge in [-0.3, -0.25) is 4.79 Å². The van der Waals surface area contributed by atoms with Gasteiger partial charge in [0.25, 0.3) is 0 Å². The summed E-state index contributed by atoms with van der Waals surface area (Å²) >= 11 is 9.15. The molecule has 2 nitrogen and oxygen atoms in total. The monoisotopic (exact) mass is 342 g/mol. The van der Waals surface area contributed by atoms with Gasteiger partial charge in [0.1, 0.15) is 17.3 Å². The van der Waals surface area contributed by atoms with Gasteiger partial charge in [-0.2, -0.15) is 0 Å². The molecule has 0 atom stereocenters. The number of ketones is 1. The number of hydrogen-bond acceptors (Lipinski definition) is 2. The van der Waals surface area contributed by atoms with Crippen LogP contribution >= 0.6 is 27.5 Å². The number of ether oxygens (including phenoxy) is 1. The van der Waals surface area contributed by atoms with Gasteiger partial charge < -0.3 is 4.74 Å². The van der Waals surface area contributed by atoms with E-state index >= 15 is 0 Å². The van der Waals surface area contributed by atoms with Gasteiger partial charge in [-0.25, -0.2) is 4.39 Å². The van der Waals surface area contributed by atoms with Gasteiger partial charge in [-0.1, -0.05) is 27.5 Å². The minimum atomic E-state index is -0.407. The fraction of sp³-hybridized carbons (Fsp3) is 0.0714. The average Bonchev–Trinajstić information content (AvgIpc) is 2.26. The molecule has 0 bridgehead atoms. The Morgan fingerprint density at radius 1 is 1.21 bits per heavy atom. The molecule has 0 aliphatic carbocycles. The van der Waals surface area contributed by atoms with Crippen molar-refractivity contribution in [2.45, 2.75) is 6.92 Å². The Balaban J connectivity index is 2.28. The zero-order chi connectivity index (χ0) is 14.0. The number of hydrogen-bond donors (Lipinski definition) is 0. The maximum atomic E-state index is 13.2. The Bertz CT molecular complexity index is 623. The van der Waals surface area contributed by atoms with Crippen LogP contribution in [-0.2, 0) is 0 Å². The van der Waals surface area contributed by atoms with E-state index in [0.29, 0.717) is 26.6 Å². The predicted octanol–water partition coefficient (Wildman–Crippen LogP) is 5.24. The molecule has 0 radical (unpaired) electrons. The fourth-order valence-electron chi connectivity index (χ4n) is 1.57. The maximum Gasteiger partial charge on any atom is 0.161 e. The first kappa shape index (κ1) is 14.0. The van der Waals surface area contributed by atoms with E-state index in [1.54, 1.807) is 18.2 Å². The minimum absolute atomic E-state index is 0.120. The van der Waals surface area contributed by atoms with Crippen LogP contribution in [0.2, 0.25) is 5.02 Å². The summed E-state index contributed by atoms with van der Waals surface area (Å²) in [4.78, 5) is 11.2. The molecule has 2 aromatic carbocycles. The predicted molar refractivity (Wildman–Crippen MR) is 75.6 cm³/mol. The molecule has 0 amide bonds. The van der Waals surface area contributed by atoms with Crippen LogP contribution in [0.4, 0.5) is 4.39 Å². The lowest BCUT2D eigenvalue weighted by Gasteiger charge is -2.08. The van der Waals surface area contributed by atoms with Crippen LogP contribution in [0.1, 0.15) is 17.3 Å². The molecule has 0 saturated heterocycles. The van der Waals surface area contributed by atoms with E-state index in [2.05, 4.69) is 15.9 Å². The molecule has 0 saturated carbocycles. The van der Waals surface area contributed by atoms with E-state index in [0.717, 1.165) is 0 Å². The van der Waals surface area contributed by atoms with E-state index in [9.17, 15) is 9.18 Å². The molecular formula is C14H9BrClFO2. The lowest BCUT2D eigenvalue weighted by molar-refractivity contribution is 0.101. The van der Waals surface area contributed by atoms with Crippen LogP contribution in [0.15, 0.2) is 40.9 Å². The van der Waals surface area contributed by atoms with Gasteiger partial charge in [0.15, 0.2) is 5.78 Å². The summed E-state index contributed by atoms with van der Waals surface area (Å²) in [6.07, 6.45) is 0. The molecule has 0 unspecified atom stereocenters. The van der Waals surface area contributed by atoms with Crippen LogP contribution in [0.3, 0.4) is 0 Å². The summed E-state index contributed by atoms with van der Waals surface area (Å²) in [7, 11) is 0. The lowest BCUT2D eigenvalue weighted by Crippen LogP contribution is -1.94. The Morgan fingerprint density at radius 3 is 2.53 bits per heavy atom. The summed E-state index contributed by atoms with van der Waals surface area (Å²) in [5, 5.41) is 0.306. The first-order valence-electron chi connectivity index (χ1n) is 5.40. The highest BCUT2D eigenvalue weighted by Gasteiger charge is 2.08. The van der Waals surface area contributed by atoms with Gasteiger partial charge in [-0.15, -0.1) is 0 Å². The summed E-state index contributed by atoms with van der Waals surface area (Å²) in [5.41, 5.74) is 0.425. The van der Waals surface area contributed by atoms with E-state index in [-0.39, 0.29) is 5.78 Å². The molecule has 98 valence electrons. The number of carbonyl (C=O) groups excluding carboxylic acids is 1. The lowest BCUT2D eigenvalue weighted by atomic mass is 10.1. The molecule has 5 heteroatoms. The molecule has 0 heterocycles. The van der Waals surface area contributed by atoms with Gasteiger partial charge in [0, 0.05) is 22.2 Å². The second kappa shape index (κ2) is 5.72. The summed E-state index contributed by atoms with van der Waals surface area (Å²) < 4.78 is 19.3. The first-order valence-corrected chi connectivity index (χ1v) is 6.57. The molecule has 0 spiro atoms. The van der Waals surface area contributed by atoms with Gasteiger partial charge in [-0.05, 0) is 31.2 Å². The first-order chi connectivity index (χ1) is 8.95. The third-order valence-electron chi connectivity index (χ3n) is 2.39. The Kier molecular flexibility index (Phi) is 4.22. The van der Waals surface area contributed by atoms with Crippen LogP contribution < -0.4 is 4.74 Å². The number of carbonyl (C=O) groups is 1. The highest BCUT2D eigenvalue weighted by atomic mass is 79.9. The highest BCUT2D eigenvalue weighted by molar-refractivity contribution is 9.10. The second-order valence-electron chi connectivity index (χ2n) is 3.91. The molecule has 2 rings (SSSR count). The number of rotatable bonds is 3. The third kappa shape index (κ3) is 3.55. The van der Waals surface area contributed by atoms with Crippen molar-refractivity contribution < 1.29 is 13.9 Å². The molecule has 2 aromatic rings.